The smallest absolute Gasteiger partial charge is 0.223 e. The molecular weight excluding hydrogens is 729 g/mol. The number of nitrogens with two attached hydrogens (primary N) is 2. The predicted octanol–water partition coefficient (Wildman–Crippen LogP) is 5.79. The number of hydrogen-bond acceptors (Lipinski definition) is 12. The molecule has 0 aliphatic heterocycles. The van der Waals surface area contributed by atoms with E-state index in [1.165, 1.54) is 0 Å². The lowest BCUT2D eigenvalue weighted by Crippen LogP contribution is -2.22. The number of anilines is 2. The number of nitrogens with zero attached hydrogens (tertiary/aromatic N) is 8. The molecule has 0 bridgehead atoms. The molecule has 0 unspecified atom stereocenters. The number of fused-ring (bicyclic) bond motifs is 2. The van der Waals surface area contributed by atoms with Crippen molar-refractivity contribution in [2.75, 3.05) is 45.4 Å². The standard InChI is InChI=1S/C21H29ClN6O.C17H20ClN5O2/c1-12(2)8-24-7-6-15-10-28(20-17(15)19(22)26-21(23)27-20)11-16-14(4)18(29-5)13(3)9-25-16;1-9-6-20-12(10(2)14(9)25-3)8-23-7-11(4-5-24)13-15(18)21-17(19)22-16(13)23/h9-10,12,24H,6-8,11H2,1-5H3,(H2,23,26,27);6-7,24H,4-5,8H2,1-3H3,(H2,19,21,22). The van der Waals surface area contributed by atoms with Crippen LogP contribution in [0.5, 0.6) is 11.5 Å². The van der Waals surface area contributed by atoms with Gasteiger partial charge in [-0.15, -0.1) is 0 Å². The number of aliphatic hydroxyl groups is 1. The second kappa shape index (κ2) is 17.6. The summed E-state index contributed by atoms with van der Waals surface area (Å²) in [5.41, 5.74) is 20.7. The van der Waals surface area contributed by atoms with Crippen LogP contribution in [-0.4, -0.2) is 78.1 Å². The van der Waals surface area contributed by atoms with Crippen LogP contribution in [0, 0.1) is 33.6 Å². The summed E-state index contributed by atoms with van der Waals surface area (Å²) in [7, 11) is 3.33. The largest absolute Gasteiger partial charge is 0.496 e. The summed E-state index contributed by atoms with van der Waals surface area (Å²) in [4.78, 5) is 26.1. The van der Waals surface area contributed by atoms with E-state index in [1.807, 2.05) is 49.2 Å². The molecule has 0 saturated carbocycles. The first-order valence-electron chi connectivity index (χ1n) is 17.7. The third-order valence-corrected chi connectivity index (χ3v) is 9.73. The molecule has 6 rings (SSSR count). The average molecular weight is 779 g/mol. The summed E-state index contributed by atoms with van der Waals surface area (Å²) < 4.78 is 15.0. The van der Waals surface area contributed by atoms with Gasteiger partial charge in [0.25, 0.3) is 0 Å². The lowest BCUT2D eigenvalue weighted by Gasteiger charge is -2.13. The Morgan fingerprint density at radius 2 is 1.19 bits per heavy atom. The van der Waals surface area contributed by atoms with Crippen molar-refractivity contribution in [2.45, 2.75) is 67.5 Å². The van der Waals surface area contributed by atoms with Crippen molar-refractivity contribution in [3.8, 4) is 11.5 Å². The van der Waals surface area contributed by atoms with Crippen LogP contribution in [0.4, 0.5) is 11.9 Å². The molecule has 0 spiro atoms. The summed E-state index contributed by atoms with van der Waals surface area (Å²) in [6.07, 6.45) is 8.90. The van der Waals surface area contributed by atoms with Crippen molar-refractivity contribution in [2.24, 2.45) is 5.92 Å². The van der Waals surface area contributed by atoms with Crippen LogP contribution >= 0.6 is 23.2 Å². The Hall–Kier alpha value is -4.76. The first-order chi connectivity index (χ1) is 25.8. The number of nitrogens with one attached hydrogen (secondary N) is 1. The van der Waals surface area contributed by atoms with Crippen LogP contribution in [0.2, 0.25) is 10.3 Å². The van der Waals surface area contributed by atoms with Gasteiger partial charge in [0.15, 0.2) is 0 Å². The minimum Gasteiger partial charge on any atom is -0.496 e. The highest BCUT2D eigenvalue weighted by molar-refractivity contribution is 6.34. The van der Waals surface area contributed by atoms with E-state index in [-0.39, 0.29) is 23.7 Å². The minimum atomic E-state index is 0.00938. The van der Waals surface area contributed by atoms with Gasteiger partial charge in [-0.05, 0) is 70.7 Å². The summed E-state index contributed by atoms with van der Waals surface area (Å²) in [6.45, 7) is 15.2. The highest BCUT2D eigenvalue weighted by Crippen LogP contribution is 2.32. The number of methoxy groups -OCH3 is 2. The van der Waals surface area contributed by atoms with E-state index in [2.05, 4.69) is 55.3 Å². The third kappa shape index (κ3) is 8.78. The second-order valence-corrected chi connectivity index (χ2v) is 14.3. The number of pyridine rings is 2. The van der Waals surface area contributed by atoms with E-state index in [9.17, 15) is 5.11 Å². The lowest BCUT2D eigenvalue weighted by molar-refractivity contribution is 0.300. The summed E-state index contributed by atoms with van der Waals surface area (Å²) in [6, 6.07) is 0. The van der Waals surface area contributed by atoms with Crippen LogP contribution in [0.25, 0.3) is 22.1 Å². The van der Waals surface area contributed by atoms with Gasteiger partial charge in [-0.25, -0.2) is 9.97 Å². The van der Waals surface area contributed by atoms with E-state index >= 15 is 0 Å². The zero-order valence-corrected chi connectivity index (χ0v) is 33.6. The normalized spacial score (nSPS) is 11.4. The van der Waals surface area contributed by atoms with Gasteiger partial charge >= 0.3 is 0 Å². The molecular formula is C38H49Cl2N11O3. The fraction of sp³-hybridized carbons (Fsp3) is 0.421. The van der Waals surface area contributed by atoms with Crippen molar-refractivity contribution in [1.82, 2.24) is 44.4 Å². The van der Waals surface area contributed by atoms with Crippen LogP contribution in [0.15, 0.2) is 24.8 Å². The number of ether oxygens (including phenoxy) is 2. The Bertz CT molecular complexity index is 2270. The molecule has 54 heavy (non-hydrogen) atoms. The van der Waals surface area contributed by atoms with Crippen molar-refractivity contribution in [3.05, 3.63) is 79.9 Å². The molecule has 6 aromatic heterocycles. The number of halogens is 2. The molecule has 0 aliphatic carbocycles. The molecule has 16 heteroatoms. The number of aliphatic hydroxyl groups excluding tert-OH is 1. The van der Waals surface area contributed by atoms with E-state index in [0.717, 1.165) is 86.8 Å². The molecule has 6 aromatic rings. The fourth-order valence-corrected chi connectivity index (χ4v) is 7.19. The van der Waals surface area contributed by atoms with E-state index in [4.69, 9.17) is 44.1 Å². The van der Waals surface area contributed by atoms with Crippen LogP contribution < -0.4 is 26.3 Å². The maximum atomic E-state index is 9.32. The molecule has 0 aromatic carbocycles. The Morgan fingerprint density at radius 1 is 0.741 bits per heavy atom. The van der Waals surface area contributed by atoms with Crippen molar-refractivity contribution < 1.29 is 14.6 Å². The molecule has 0 aliphatic rings. The highest BCUT2D eigenvalue weighted by atomic mass is 35.5. The molecule has 0 saturated heterocycles. The van der Waals surface area contributed by atoms with Crippen molar-refractivity contribution >= 4 is 57.2 Å². The Balaban J connectivity index is 0.000000210. The van der Waals surface area contributed by atoms with E-state index < -0.39 is 0 Å². The zero-order chi connectivity index (χ0) is 39.3. The maximum Gasteiger partial charge on any atom is 0.223 e. The summed E-state index contributed by atoms with van der Waals surface area (Å²) in [5, 5.41) is 15.0. The van der Waals surface area contributed by atoms with Crippen LogP contribution in [-0.2, 0) is 25.9 Å². The Kier molecular flexibility index (Phi) is 13.2. The molecule has 6 heterocycles. The lowest BCUT2D eigenvalue weighted by atomic mass is 10.1. The van der Waals surface area contributed by atoms with E-state index in [0.29, 0.717) is 41.6 Å². The van der Waals surface area contributed by atoms with Gasteiger partial charge in [0.1, 0.15) is 33.1 Å². The topological polar surface area (TPSA) is 190 Å². The maximum absolute atomic E-state index is 9.32. The number of aryl methyl sites for hydroxylation is 2. The van der Waals surface area contributed by atoms with E-state index in [1.54, 1.807) is 20.4 Å². The SMILES string of the molecule is COc1c(C)cnc(Cn2cc(CCNCC(C)C)c3c(Cl)nc(N)nc32)c1C.COc1c(C)cnc(Cn2cc(CCO)c3c(Cl)nc(N)nc32)c1C. The van der Waals surface area contributed by atoms with Gasteiger partial charge in [-0.3, -0.25) is 9.97 Å². The first kappa shape index (κ1) is 40.4. The highest BCUT2D eigenvalue weighted by Gasteiger charge is 2.19. The van der Waals surface area contributed by atoms with Gasteiger partial charge in [-0.1, -0.05) is 37.0 Å². The van der Waals surface area contributed by atoms with Gasteiger partial charge < -0.3 is 40.5 Å². The van der Waals surface area contributed by atoms with Gasteiger partial charge in [0.05, 0.1) is 49.5 Å². The molecule has 288 valence electrons. The third-order valence-electron chi connectivity index (χ3n) is 9.18. The molecule has 0 atom stereocenters. The van der Waals surface area contributed by atoms with Gasteiger partial charge in [0.2, 0.25) is 11.9 Å². The summed E-state index contributed by atoms with van der Waals surface area (Å²) >= 11 is 12.7. The predicted molar refractivity (Wildman–Crippen MR) is 215 cm³/mol. The molecule has 14 nitrogen and oxygen atoms in total. The first-order valence-corrected chi connectivity index (χ1v) is 18.4. The molecule has 0 radical (unpaired) electrons. The Labute approximate surface area is 325 Å². The van der Waals surface area contributed by atoms with Crippen molar-refractivity contribution in [1.29, 1.82) is 0 Å². The van der Waals surface area contributed by atoms with Crippen LogP contribution in [0.1, 0.15) is 58.6 Å². The second-order valence-electron chi connectivity index (χ2n) is 13.6. The fourth-order valence-electron chi connectivity index (χ4n) is 6.61. The van der Waals surface area contributed by atoms with Gasteiger partial charge in [0, 0.05) is 53.6 Å². The number of nitrogen functional groups attached to an aromatic ring is 2. The monoisotopic (exact) mass is 777 g/mol. The average Bonchev–Trinajstić information content (AvgIpc) is 3.63. The Morgan fingerprint density at radius 3 is 1.59 bits per heavy atom. The number of aromatic nitrogens is 8. The minimum absolute atomic E-state index is 0.00938. The molecule has 6 N–H and O–H groups in total. The van der Waals surface area contributed by atoms with Gasteiger partial charge in [-0.2, -0.15) is 9.97 Å². The molecule has 0 amide bonds. The van der Waals surface area contributed by atoms with Crippen molar-refractivity contribution in [3.63, 3.8) is 0 Å². The molecule has 0 fully saturated rings. The quantitative estimate of drug-likeness (QED) is 0.0817. The zero-order valence-electron chi connectivity index (χ0n) is 32.1. The number of hydrogen-bond donors (Lipinski definition) is 4. The summed E-state index contributed by atoms with van der Waals surface area (Å²) in [5.74, 6) is 2.56. The number of rotatable bonds is 13. The van der Waals surface area contributed by atoms with Crippen LogP contribution in [0.3, 0.4) is 0 Å².